The van der Waals surface area contributed by atoms with E-state index in [4.69, 9.17) is 4.74 Å². The second kappa shape index (κ2) is 4.75. The van der Waals surface area contributed by atoms with Crippen LogP contribution in [0.25, 0.3) is 0 Å². The zero-order chi connectivity index (χ0) is 11.4. The van der Waals surface area contributed by atoms with Crippen LogP contribution in [0.1, 0.15) is 25.0 Å². The molecule has 5 heteroatoms. The number of benzene rings is 1. The first-order valence-corrected chi connectivity index (χ1v) is 4.60. The van der Waals surface area contributed by atoms with Gasteiger partial charge in [0.1, 0.15) is 5.75 Å². The zero-order valence-corrected chi connectivity index (χ0v) is 8.64. The molecular weight excluding hydrogens is 198 g/mol. The number of nitrogens with zero attached hydrogens (tertiary/aromatic N) is 1. The van der Waals surface area contributed by atoms with Gasteiger partial charge in [-0.2, -0.15) is 0 Å². The normalized spacial score (nSPS) is 12.2. The average Bonchev–Trinajstić information content (AvgIpc) is 2.27. The minimum Gasteiger partial charge on any atom is -0.497 e. The highest BCUT2D eigenvalue weighted by Crippen LogP contribution is 2.30. The number of methoxy groups -OCH3 is 1. The molecule has 0 aliphatic carbocycles. The van der Waals surface area contributed by atoms with E-state index in [0.29, 0.717) is 17.7 Å². The van der Waals surface area contributed by atoms with Crippen LogP contribution in [0, 0.1) is 10.1 Å². The summed E-state index contributed by atoms with van der Waals surface area (Å²) in [6.45, 7) is 1.76. The standard InChI is InChI=1S/C10H13NO4/c1-3-10(12)8-5-4-7(15-2)6-9(8)11(13)14/h4-6,10,12H,3H2,1-2H3. The minimum atomic E-state index is -0.809. The number of nitro groups is 1. The fourth-order valence-corrected chi connectivity index (χ4v) is 1.31. The van der Waals surface area contributed by atoms with Crippen LogP contribution in [0.15, 0.2) is 18.2 Å². The maximum Gasteiger partial charge on any atom is 0.278 e. The Bertz CT molecular complexity index is 364. The molecule has 5 nitrogen and oxygen atoms in total. The molecule has 0 aromatic heterocycles. The van der Waals surface area contributed by atoms with E-state index in [1.807, 2.05) is 0 Å². The van der Waals surface area contributed by atoms with E-state index in [0.717, 1.165) is 0 Å². The molecule has 1 rings (SSSR count). The highest BCUT2D eigenvalue weighted by atomic mass is 16.6. The largest absolute Gasteiger partial charge is 0.497 e. The fraction of sp³-hybridized carbons (Fsp3) is 0.400. The van der Waals surface area contributed by atoms with E-state index in [1.54, 1.807) is 13.0 Å². The predicted octanol–water partition coefficient (Wildman–Crippen LogP) is 2.05. The molecule has 82 valence electrons. The van der Waals surface area contributed by atoms with Crippen LogP contribution < -0.4 is 4.74 Å². The van der Waals surface area contributed by atoms with E-state index in [9.17, 15) is 15.2 Å². The summed E-state index contributed by atoms with van der Waals surface area (Å²) in [5.41, 5.74) is 0.215. The lowest BCUT2D eigenvalue weighted by atomic mass is 10.1. The van der Waals surface area contributed by atoms with Crippen LogP contribution in [-0.2, 0) is 0 Å². The first kappa shape index (κ1) is 11.5. The third-order valence-electron chi connectivity index (χ3n) is 2.18. The Labute approximate surface area is 87.5 Å². The smallest absolute Gasteiger partial charge is 0.278 e. The third-order valence-corrected chi connectivity index (χ3v) is 2.18. The van der Waals surface area contributed by atoms with E-state index in [-0.39, 0.29) is 5.69 Å². The molecule has 0 saturated carbocycles. The number of rotatable bonds is 4. The van der Waals surface area contributed by atoms with E-state index < -0.39 is 11.0 Å². The van der Waals surface area contributed by atoms with Gasteiger partial charge < -0.3 is 9.84 Å². The van der Waals surface area contributed by atoms with Gasteiger partial charge in [-0.3, -0.25) is 10.1 Å². The first-order chi connectivity index (χ1) is 7.10. The number of aliphatic hydroxyl groups excluding tert-OH is 1. The maximum atomic E-state index is 10.7. The molecule has 1 aromatic carbocycles. The predicted molar refractivity (Wildman–Crippen MR) is 54.9 cm³/mol. The van der Waals surface area contributed by atoms with Crippen molar-refractivity contribution in [2.24, 2.45) is 0 Å². The number of hydrogen-bond donors (Lipinski definition) is 1. The molecule has 0 radical (unpaired) electrons. The molecular formula is C10H13NO4. The number of hydrogen-bond acceptors (Lipinski definition) is 4. The number of aliphatic hydroxyl groups is 1. The maximum absolute atomic E-state index is 10.7. The molecule has 0 aliphatic heterocycles. The van der Waals surface area contributed by atoms with Gasteiger partial charge in [0, 0.05) is 0 Å². The van der Waals surface area contributed by atoms with Gasteiger partial charge in [0.05, 0.1) is 29.8 Å². The van der Waals surface area contributed by atoms with Crippen molar-refractivity contribution in [2.45, 2.75) is 19.4 Å². The highest BCUT2D eigenvalue weighted by Gasteiger charge is 2.19. The van der Waals surface area contributed by atoms with Gasteiger partial charge in [-0.15, -0.1) is 0 Å². The highest BCUT2D eigenvalue weighted by molar-refractivity contribution is 5.47. The van der Waals surface area contributed by atoms with Gasteiger partial charge in [-0.1, -0.05) is 6.92 Å². The average molecular weight is 211 g/mol. The number of ether oxygens (including phenoxy) is 1. The summed E-state index contributed by atoms with van der Waals surface area (Å²) in [5.74, 6) is 0.411. The molecule has 0 amide bonds. The SMILES string of the molecule is CCC(O)c1ccc(OC)cc1[N+](=O)[O-]. The second-order valence-electron chi connectivity index (χ2n) is 3.11. The minimum absolute atomic E-state index is 0.108. The molecule has 1 N–H and O–H groups in total. The van der Waals surface area contributed by atoms with Crippen molar-refractivity contribution in [1.82, 2.24) is 0 Å². The summed E-state index contributed by atoms with van der Waals surface area (Å²) in [6, 6.07) is 4.43. The summed E-state index contributed by atoms with van der Waals surface area (Å²) in [7, 11) is 1.44. The molecule has 0 saturated heterocycles. The molecule has 1 unspecified atom stereocenters. The van der Waals surface area contributed by atoms with Gasteiger partial charge in [-0.25, -0.2) is 0 Å². The Kier molecular flexibility index (Phi) is 3.62. The summed E-state index contributed by atoms with van der Waals surface area (Å²) in [5, 5.41) is 20.3. The molecule has 1 atom stereocenters. The van der Waals surface area contributed by atoms with Crippen LogP contribution in [0.4, 0.5) is 5.69 Å². The molecule has 1 aromatic rings. The lowest BCUT2D eigenvalue weighted by Crippen LogP contribution is -2.01. The van der Waals surface area contributed by atoms with Gasteiger partial charge >= 0.3 is 0 Å². The summed E-state index contributed by atoms with van der Waals surface area (Å²) in [6.07, 6.45) is -0.371. The Morgan fingerprint density at radius 1 is 1.60 bits per heavy atom. The number of nitro benzene ring substituents is 1. The fourth-order valence-electron chi connectivity index (χ4n) is 1.31. The van der Waals surface area contributed by atoms with E-state index in [1.165, 1.54) is 19.2 Å². The lowest BCUT2D eigenvalue weighted by molar-refractivity contribution is -0.386. The van der Waals surface area contributed by atoms with Crippen LogP contribution in [0.5, 0.6) is 5.75 Å². The zero-order valence-electron chi connectivity index (χ0n) is 8.64. The summed E-state index contributed by atoms with van der Waals surface area (Å²) in [4.78, 5) is 10.2. The Hall–Kier alpha value is -1.62. The molecule has 0 heterocycles. The van der Waals surface area contributed by atoms with Crippen LogP contribution in [0.3, 0.4) is 0 Å². The molecule has 15 heavy (non-hydrogen) atoms. The van der Waals surface area contributed by atoms with E-state index >= 15 is 0 Å². The molecule has 0 spiro atoms. The van der Waals surface area contributed by atoms with Gasteiger partial charge in [-0.05, 0) is 18.6 Å². The van der Waals surface area contributed by atoms with Gasteiger partial charge in [0.25, 0.3) is 5.69 Å². The molecule has 0 bridgehead atoms. The van der Waals surface area contributed by atoms with Crippen molar-refractivity contribution in [2.75, 3.05) is 7.11 Å². The van der Waals surface area contributed by atoms with Crippen LogP contribution in [-0.4, -0.2) is 17.1 Å². The first-order valence-electron chi connectivity index (χ1n) is 4.60. The van der Waals surface area contributed by atoms with Crippen molar-refractivity contribution < 1.29 is 14.8 Å². The van der Waals surface area contributed by atoms with Gasteiger partial charge in [0.15, 0.2) is 0 Å². The van der Waals surface area contributed by atoms with Gasteiger partial charge in [0.2, 0.25) is 0 Å². The molecule has 0 aliphatic rings. The van der Waals surface area contributed by atoms with Crippen LogP contribution in [0.2, 0.25) is 0 Å². The second-order valence-corrected chi connectivity index (χ2v) is 3.11. The van der Waals surface area contributed by atoms with Crippen molar-refractivity contribution >= 4 is 5.69 Å². The third kappa shape index (κ3) is 2.44. The van der Waals surface area contributed by atoms with Crippen molar-refractivity contribution in [3.8, 4) is 5.75 Å². The Morgan fingerprint density at radius 3 is 2.73 bits per heavy atom. The van der Waals surface area contributed by atoms with Crippen LogP contribution >= 0.6 is 0 Å². The Morgan fingerprint density at radius 2 is 2.27 bits per heavy atom. The summed E-state index contributed by atoms with van der Waals surface area (Å²) >= 11 is 0. The topological polar surface area (TPSA) is 72.6 Å². The van der Waals surface area contributed by atoms with Crippen molar-refractivity contribution in [3.05, 3.63) is 33.9 Å². The van der Waals surface area contributed by atoms with Crippen molar-refractivity contribution in [1.29, 1.82) is 0 Å². The lowest BCUT2D eigenvalue weighted by Gasteiger charge is -2.09. The summed E-state index contributed by atoms with van der Waals surface area (Å²) < 4.78 is 4.89. The Balaban J connectivity index is 3.21. The van der Waals surface area contributed by atoms with Crippen molar-refractivity contribution in [3.63, 3.8) is 0 Å². The molecule has 0 fully saturated rings. The van der Waals surface area contributed by atoms with E-state index in [2.05, 4.69) is 0 Å². The monoisotopic (exact) mass is 211 g/mol. The quantitative estimate of drug-likeness (QED) is 0.611.